The molecule has 1 aromatic rings. The van der Waals surface area contributed by atoms with Crippen molar-refractivity contribution in [1.82, 2.24) is 0 Å². The van der Waals surface area contributed by atoms with E-state index in [1.807, 2.05) is 0 Å². The molecule has 6 nitrogen and oxygen atoms in total. The van der Waals surface area contributed by atoms with Crippen molar-refractivity contribution in [2.75, 3.05) is 7.18 Å². The van der Waals surface area contributed by atoms with Gasteiger partial charge in [-0.15, -0.1) is 0 Å². The summed E-state index contributed by atoms with van der Waals surface area (Å²) in [6, 6.07) is 1.13. The summed E-state index contributed by atoms with van der Waals surface area (Å²) in [5.74, 6) is -0.815. The second-order valence-corrected chi connectivity index (χ2v) is 5.52. The van der Waals surface area contributed by atoms with E-state index in [4.69, 9.17) is 10.5 Å². The number of hydrogen-bond acceptors (Lipinski definition) is 6. The molecule has 1 aliphatic heterocycles. The number of non-ortho nitro benzene ring substituents is 1. The number of nitro groups is 1. The number of alkyl halides is 4. The maximum Gasteiger partial charge on any atom is 0.445 e. The van der Waals surface area contributed by atoms with Crippen LogP contribution >= 0.6 is 11.8 Å². The highest BCUT2D eigenvalue weighted by molar-refractivity contribution is 8.00. The van der Waals surface area contributed by atoms with E-state index >= 15 is 0 Å². The van der Waals surface area contributed by atoms with Gasteiger partial charge in [-0.25, -0.2) is 9.38 Å². The van der Waals surface area contributed by atoms with E-state index in [-0.39, 0.29) is 12.0 Å². The minimum Gasteiger partial charge on any atom is -0.451 e. The first-order chi connectivity index (χ1) is 11.2. The molecule has 2 N–H and O–H groups in total. The van der Waals surface area contributed by atoms with E-state index in [1.165, 1.54) is 0 Å². The van der Waals surface area contributed by atoms with E-state index in [1.54, 1.807) is 0 Å². The van der Waals surface area contributed by atoms with Crippen molar-refractivity contribution in [2.24, 2.45) is 10.7 Å². The standard InChI is InChI=1S/C11H9F4N3O3S.CH3F/c12-7-2-1-5(18(19)20)3-6(7)8-4-9(21-10(16)17-8)22-11(13,14)15;1-2/h1-3,8-9H,4H2,(H2,16,17);1H3. The summed E-state index contributed by atoms with van der Waals surface area (Å²) in [5, 5.41) is 10.7. The maximum absolute atomic E-state index is 13.8. The molecular formula is C12H12F5N3O3S. The summed E-state index contributed by atoms with van der Waals surface area (Å²) in [6.45, 7) is 0. The topological polar surface area (TPSA) is 90.8 Å². The number of aliphatic imine (C=N–C) groups is 1. The summed E-state index contributed by atoms with van der Waals surface area (Å²) in [7, 11) is 0.500. The third kappa shape index (κ3) is 5.51. The Balaban J connectivity index is 0.00000139. The zero-order valence-corrected chi connectivity index (χ0v) is 12.9. The van der Waals surface area contributed by atoms with Gasteiger partial charge >= 0.3 is 5.51 Å². The highest BCUT2D eigenvalue weighted by Crippen LogP contribution is 2.41. The van der Waals surface area contributed by atoms with Gasteiger partial charge in [0.1, 0.15) is 5.82 Å². The first-order valence-electron chi connectivity index (χ1n) is 6.22. The van der Waals surface area contributed by atoms with Crippen LogP contribution in [-0.2, 0) is 4.74 Å². The Bertz CT molecular complexity index is 626. The quantitative estimate of drug-likeness (QED) is 0.496. The van der Waals surface area contributed by atoms with Gasteiger partial charge in [0, 0.05) is 24.1 Å². The molecule has 2 atom stereocenters. The first kappa shape index (κ1) is 19.9. The van der Waals surface area contributed by atoms with Crippen LogP contribution in [0.3, 0.4) is 0 Å². The van der Waals surface area contributed by atoms with E-state index in [9.17, 15) is 32.1 Å². The fourth-order valence-electron chi connectivity index (χ4n) is 1.92. The molecule has 0 saturated heterocycles. The Labute approximate surface area is 137 Å². The van der Waals surface area contributed by atoms with Crippen molar-refractivity contribution in [2.45, 2.75) is 23.4 Å². The van der Waals surface area contributed by atoms with Gasteiger partial charge < -0.3 is 10.5 Å². The predicted octanol–water partition coefficient (Wildman–Crippen LogP) is 3.67. The Morgan fingerprint density at radius 2 is 2.04 bits per heavy atom. The Morgan fingerprint density at radius 3 is 2.58 bits per heavy atom. The van der Waals surface area contributed by atoms with Crippen molar-refractivity contribution < 1.29 is 31.6 Å². The molecule has 0 amide bonds. The van der Waals surface area contributed by atoms with Gasteiger partial charge in [-0.1, -0.05) is 0 Å². The highest BCUT2D eigenvalue weighted by Gasteiger charge is 2.38. The van der Waals surface area contributed by atoms with Crippen molar-refractivity contribution >= 4 is 23.5 Å². The fourth-order valence-corrected chi connectivity index (χ4v) is 2.64. The zero-order valence-electron chi connectivity index (χ0n) is 12.1. The van der Waals surface area contributed by atoms with Gasteiger partial charge in [0.15, 0.2) is 5.44 Å². The lowest BCUT2D eigenvalue weighted by Crippen LogP contribution is -2.31. The summed E-state index contributed by atoms with van der Waals surface area (Å²) >= 11 is -0.443. The number of hydrogen-bond donors (Lipinski definition) is 1. The molecule has 2 rings (SSSR count). The highest BCUT2D eigenvalue weighted by atomic mass is 32.2. The van der Waals surface area contributed by atoms with Crippen LogP contribution in [0.15, 0.2) is 23.2 Å². The molecule has 1 heterocycles. The third-order valence-corrected chi connectivity index (χ3v) is 3.58. The SMILES string of the molecule is CF.NC1=NC(c2cc([N+](=O)[O-])ccc2F)CC(SC(F)(F)F)O1. The molecule has 0 bridgehead atoms. The van der Waals surface area contributed by atoms with Crippen LogP contribution in [-0.4, -0.2) is 29.1 Å². The number of nitrogens with two attached hydrogens (primary N) is 1. The number of benzene rings is 1. The smallest absolute Gasteiger partial charge is 0.445 e. The normalized spacial score (nSPS) is 20.3. The molecule has 134 valence electrons. The average Bonchev–Trinajstić information content (AvgIpc) is 2.47. The number of rotatable bonds is 3. The van der Waals surface area contributed by atoms with Crippen molar-refractivity contribution in [1.29, 1.82) is 0 Å². The summed E-state index contributed by atoms with van der Waals surface area (Å²) in [6.07, 6.45) is -0.317. The van der Waals surface area contributed by atoms with Crippen LogP contribution in [0.25, 0.3) is 0 Å². The third-order valence-electron chi connectivity index (χ3n) is 2.77. The maximum atomic E-state index is 13.8. The minimum absolute atomic E-state index is 0.201. The Morgan fingerprint density at radius 1 is 1.42 bits per heavy atom. The Hall–Kier alpha value is -2.11. The Kier molecular flexibility index (Phi) is 6.75. The average molecular weight is 373 g/mol. The molecule has 2 unspecified atom stereocenters. The van der Waals surface area contributed by atoms with E-state index in [0.29, 0.717) is 7.18 Å². The van der Waals surface area contributed by atoms with Crippen LogP contribution in [0.2, 0.25) is 0 Å². The first-order valence-corrected chi connectivity index (χ1v) is 7.10. The molecule has 0 aliphatic carbocycles. The second-order valence-electron chi connectivity index (χ2n) is 4.29. The van der Waals surface area contributed by atoms with E-state index < -0.39 is 51.2 Å². The summed E-state index contributed by atoms with van der Waals surface area (Å²) < 4.78 is 65.2. The van der Waals surface area contributed by atoms with Crippen molar-refractivity contribution in [3.8, 4) is 0 Å². The lowest BCUT2D eigenvalue weighted by atomic mass is 10.0. The molecule has 24 heavy (non-hydrogen) atoms. The number of thioether (sulfide) groups is 1. The summed E-state index contributed by atoms with van der Waals surface area (Å²) in [4.78, 5) is 13.7. The van der Waals surface area contributed by atoms with Crippen LogP contribution in [0.5, 0.6) is 0 Å². The number of halogens is 5. The molecule has 0 aromatic heterocycles. The minimum atomic E-state index is -4.56. The number of nitrogens with zero attached hydrogens (tertiary/aromatic N) is 2. The summed E-state index contributed by atoms with van der Waals surface area (Å²) in [5.41, 5.74) is -1.25. The number of nitro benzene ring substituents is 1. The largest absolute Gasteiger partial charge is 0.451 e. The lowest BCUT2D eigenvalue weighted by Gasteiger charge is -2.27. The van der Waals surface area contributed by atoms with Crippen molar-refractivity contribution in [3.63, 3.8) is 0 Å². The molecule has 0 spiro atoms. The number of amidine groups is 1. The van der Waals surface area contributed by atoms with Crippen LogP contribution in [0.4, 0.5) is 27.6 Å². The fraction of sp³-hybridized carbons (Fsp3) is 0.417. The molecule has 0 fully saturated rings. The van der Waals surface area contributed by atoms with Gasteiger partial charge in [-0.05, 0) is 17.8 Å². The van der Waals surface area contributed by atoms with E-state index in [2.05, 4.69) is 4.99 Å². The van der Waals surface area contributed by atoms with Crippen LogP contribution < -0.4 is 5.73 Å². The molecular weight excluding hydrogens is 361 g/mol. The van der Waals surface area contributed by atoms with Gasteiger partial charge in [-0.3, -0.25) is 14.5 Å². The van der Waals surface area contributed by atoms with Gasteiger partial charge in [0.05, 0.1) is 18.1 Å². The lowest BCUT2D eigenvalue weighted by molar-refractivity contribution is -0.385. The molecule has 1 aliphatic rings. The molecule has 0 radical (unpaired) electrons. The van der Waals surface area contributed by atoms with Crippen LogP contribution in [0.1, 0.15) is 18.0 Å². The molecule has 0 saturated carbocycles. The molecule has 1 aromatic carbocycles. The van der Waals surface area contributed by atoms with Gasteiger partial charge in [0.2, 0.25) is 0 Å². The van der Waals surface area contributed by atoms with Gasteiger partial charge in [0.25, 0.3) is 11.7 Å². The van der Waals surface area contributed by atoms with Crippen molar-refractivity contribution in [3.05, 3.63) is 39.7 Å². The monoisotopic (exact) mass is 373 g/mol. The second kappa shape index (κ2) is 8.13. The molecule has 12 heteroatoms. The van der Waals surface area contributed by atoms with Crippen LogP contribution in [0, 0.1) is 15.9 Å². The number of ether oxygens (including phenoxy) is 1. The van der Waals surface area contributed by atoms with E-state index in [0.717, 1.165) is 18.2 Å². The predicted molar refractivity (Wildman–Crippen MR) is 77.6 cm³/mol. The zero-order chi connectivity index (χ0) is 18.5. The van der Waals surface area contributed by atoms with Gasteiger partial charge in [-0.2, -0.15) is 13.2 Å².